The second-order valence-electron chi connectivity index (χ2n) is 11.0. The highest BCUT2D eigenvalue weighted by Crippen LogP contribution is 2.33. The fourth-order valence-corrected chi connectivity index (χ4v) is 7.57. The molecule has 0 radical (unpaired) electrons. The minimum absolute atomic E-state index is 0.0326. The van der Waals surface area contributed by atoms with Crippen molar-refractivity contribution in [3.63, 3.8) is 0 Å². The molecule has 2 amide bonds. The molecule has 12 heteroatoms. The number of allylic oxidation sites excluding steroid dienone is 1. The number of carbonyl (C=O) groups excluding carboxylic acids is 4. The van der Waals surface area contributed by atoms with Crippen LogP contribution in [0.15, 0.2) is 22.5 Å². The lowest BCUT2D eigenvalue weighted by Crippen LogP contribution is -2.52. The topological polar surface area (TPSA) is 109 Å². The molecule has 3 atom stereocenters. The van der Waals surface area contributed by atoms with E-state index >= 15 is 0 Å². The molecule has 0 aromatic carbocycles. The van der Waals surface area contributed by atoms with Crippen LogP contribution >= 0.6 is 34.9 Å². The van der Waals surface area contributed by atoms with Crippen molar-refractivity contribution < 1.29 is 23.9 Å². The number of thioether (sulfide) groups is 2. The number of hydrogen-bond acceptors (Lipinski definition) is 10. The van der Waals surface area contributed by atoms with Crippen molar-refractivity contribution in [2.45, 2.75) is 103 Å². The molecule has 232 valence electrons. The summed E-state index contributed by atoms with van der Waals surface area (Å²) in [5.74, 6) is 0.0729. The first-order valence-electron chi connectivity index (χ1n) is 14.8. The third-order valence-corrected chi connectivity index (χ3v) is 10.4. The van der Waals surface area contributed by atoms with Gasteiger partial charge in [0.05, 0.1) is 13.0 Å². The van der Waals surface area contributed by atoms with E-state index in [9.17, 15) is 19.2 Å². The van der Waals surface area contributed by atoms with Gasteiger partial charge in [-0.2, -0.15) is 0 Å². The molecule has 0 N–H and O–H groups in total. The molecule has 0 saturated heterocycles. The van der Waals surface area contributed by atoms with Crippen LogP contribution < -0.4 is 0 Å². The van der Waals surface area contributed by atoms with Gasteiger partial charge in [0.15, 0.2) is 5.12 Å². The van der Waals surface area contributed by atoms with E-state index in [1.54, 1.807) is 32.0 Å². The fraction of sp³-hybridized carbons (Fsp3) is 0.667. The van der Waals surface area contributed by atoms with Gasteiger partial charge in [0, 0.05) is 37.4 Å². The van der Waals surface area contributed by atoms with Crippen LogP contribution in [-0.2, 0) is 30.5 Å². The van der Waals surface area contributed by atoms with Gasteiger partial charge in [-0.25, -0.2) is 9.78 Å². The van der Waals surface area contributed by atoms with E-state index in [1.807, 2.05) is 18.4 Å². The number of rotatable bonds is 11. The molecule has 4 bridgehead atoms. The number of carbonyl (C=O) groups is 4. The summed E-state index contributed by atoms with van der Waals surface area (Å²) in [7, 11) is 3.31. The van der Waals surface area contributed by atoms with Crippen molar-refractivity contribution in [1.29, 1.82) is 0 Å². The molecule has 0 unspecified atom stereocenters. The lowest BCUT2D eigenvalue weighted by molar-refractivity contribution is -0.159. The first kappa shape index (κ1) is 34.3. The normalized spacial score (nSPS) is 23.9. The first-order valence-corrected chi connectivity index (χ1v) is 17.6. The standard InChI is InChI=1S/C30H44N4O5S3/c1-6-8-9-10-11-15-26(36)40-16-13-12-14-21-17-25(35)33(4)18-24-31-22(19-41-24)27-32-30(3,20-42-27)29(38)34(5)23(7-2)28(37)39-21/h12,14,19,21,23H,6-11,13,15-18,20H2,1-5H3/b14-12+/t21-,23+,30+/m1/s1. The van der Waals surface area contributed by atoms with E-state index in [0.717, 1.165) is 17.8 Å². The van der Waals surface area contributed by atoms with Gasteiger partial charge >= 0.3 is 5.97 Å². The number of ether oxygens (including phenoxy) is 1. The number of nitrogens with zero attached hydrogens (tertiary/aromatic N) is 4. The predicted molar refractivity (Wildman–Crippen MR) is 172 cm³/mol. The number of likely N-dealkylation sites (N-methyl/N-ethyl adjacent to an activating group) is 1. The molecule has 0 fully saturated rings. The maximum absolute atomic E-state index is 13.6. The Labute approximate surface area is 262 Å². The molecule has 1 aromatic rings. The van der Waals surface area contributed by atoms with Crippen molar-refractivity contribution in [3.8, 4) is 0 Å². The van der Waals surface area contributed by atoms with E-state index in [-0.39, 0.29) is 23.4 Å². The highest BCUT2D eigenvalue weighted by molar-refractivity contribution is 8.14. The van der Waals surface area contributed by atoms with E-state index in [1.165, 1.54) is 59.0 Å². The van der Waals surface area contributed by atoms with Gasteiger partial charge in [0.25, 0.3) is 5.91 Å². The largest absolute Gasteiger partial charge is 0.456 e. The average Bonchev–Trinajstić information content (AvgIpc) is 3.59. The Hall–Kier alpha value is -2.18. The molecule has 42 heavy (non-hydrogen) atoms. The van der Waals surface area contributed by atoms with E-state index in [4.69, 9.17) is 9.73 Å². The van der Waals surface area contributed by atoms with Crippen LogP contribution in [0.1, 0.15) is 89.3 Å². The van der Waals surface area contributed by atoms with Crippen LogP contribution in [-0.4, -0.2) is 86.0 Å². The summed E-state index contributed by atoms with van der Waals surface area (Å²) in [6.45, 7) is 6.10. The number of esters is 1. The van der Waals surface area contributed by atoms with Gasteiger partial charge in [-0.3, -0.25) is 19.4 Å². The summed E-state index contributed by atoms with van der Waals surface area (Å²) in [4.78, 5) is 64.7. The van der Waals surface area contributed by atoms with Gasteiger partial charge in [-0.1, -0.05) is 57.4 Å². The predicted octanol–water partition coefficient (Wildman–Crippen LogP) is 5.47. The molecule has 2 aliphatic rings. The van der Waals surface area contributed by atoms with Crippen LogP contribution in [0.3, 0.4) is 0 Å². The van der Waals surface area contributed by atoms with Crippen molar-refractivity contribution >= 4 is 62.8 Å². The second kappa shape index (κ2) is 16.6. The number of amides is 2. The van der Waals surface area contributed by atoms with Gasteiger partial charge < -0.3 is 14.5 Å². The molecular formula is C30H44N4O5S3. The van der Waals surface area contributed by atoms with E-state index in [2.05, 4.69) is 11.9 Å². The Morgan fingerprint density at radius 2 is 1.95 bits per heavy atom. The maximum atomic E-state index is 13.6. The smallest absolute Gasteiger partial charge is 0.329 e. The minimum atomic E-state index is -1.01. The third kappa shape index (κ3) is 9.67. The number of fused-ring (bicyclic) bond motifs is 4. The Morgan fingerprint density at radius 1 is 1.19 bits per heavy atom. The zero-order valence-corrected chi connectivity index (χ0v) is 27.9. The molecule has 2 aliphatic heterocycles. The lowest BCUT2D eigenvalue weighted by Gasteiger charge is -2.32. The van der Waals surface area contributed by atoms with Gasteiger partial charge in [-0.05, 0) is 32.3 Å². The third-order valence-electron chi connectivity index (χ3n) is 7.34. The molecule has 0 saturated carbocycles. The van der Waals surface area contributed by atoms with Gasteiger partial charge in [-0.15, -0.1) is 23.1 Å². The monoisotopic (exact) mass is 636 g/mol. The summed E-state index contributed by atoms with van der Waals surface area (Å²) in [6, 6.07) is -0.813. The van der Waals surface area contributed by atoms with Crippen LogP contribution in [0.25, 0.3) is 0 Å². The highest BCUT2D eigenvalue weighted by Gasteiger charge is 2.43. The molecular weight excluding hydrogens is 593 g/mol. The van der Waals surface area contributed by atoms with Crippen molar-refractivity contribution in [3.05, 3.63) is 28.2 Å². The first-order chi connectivity index (χ1) is 20.1. The summed E-state index contributed by atoms with van der Waals surface area (Å²) in [6.07, 6.45) is 9.90. The van der Waals surface area contributed by atoms with E-state index in [0.29, 0.717) is 48.1 Å². The molecule has 0 spiro atoms. The molecule has 3 rings (SSSR count). The summed E-state index contributed by atoms with van der Waals surface area (Å²) < 4.78 is 5.85. The van der Waals surface area contributed by atoms with Crippen LogP contribution in [0.4, 0.5) is 0 Å². The number of aliphatic imine (C=N–C) groups is 1. The molecule has 3 heterocycles. The van der Waals surface area contributed by atoms with Crippen molar-refractivity contribution in [1.82, 2.24) is 14.8 Å². The number of hydrogen-bond donors (Lipinski definition) is 0. The quantitative estimate of drug-likeness (QED) is 0.179. The van der Waals surface area contributed by atoms with Crippen LogP contribution in [0, 0.1) is 0 Å². The van der Waals surface area contributed by atoms with Gasteiger partial charge in [0.1, 0.15) is 33.4 Å². The fourth-order valence-electron chi connectivity index (χ4n) is 4.77. The summed E-state index contributed by atoms with van der Waals surface area (Å²) in [5.41, 5.74) is -0.313. The Morgan fingerprint density at radius 3 is 2.69 bits per heavy atom. The summed E-state index contributed by atoms with van der Waals surface area (Å²) in [5, 5.41) is 3.55. The number of thiazole rings is 1. The lowest BCUT2D eigenvalue weighted by atomic mass is 10.0. The number of cyclic esters (lactones) is 1. The maximum Gasteiger partial charge on any atom is 0.329 e. The molecule has 0 aliphatic carbocycles. The summed E-state index contributed by atoms with van der Waals surface area (Å²) >= 11 is 4.24. The Bertz CT molecular complexity index is 1170. The SMILES string of the molecule is CCCCCCCC(=O)SCC/C=C/[C@@H]1CC(=O)N(C)Cc2nc(cs2)C2=N[C@@](C)(CS2)C(=O)N(C)[C@@H](CC)C(=O)O1. The minimum Gasteiger partial charge on any atom is -0.456 e. The number of unbranched alkanes of at least 4 members (excludes halogenated alkanes) is 4. The molecule has 9 nitrogen and oxygen atoms in total. The zero-order chi connectivity index (χ0) is 30.7. The number of aromatic nitrogens is 1. The van der Waals surface area contributed by atoms with Gasteiger partial charge in [0.2, 0.25) is 5.91 Å². The van der Waals surface area contributed by atoms with Crippen LogP contribution in [0.2, 0.25) is 0 Å². The van der Waals surface area contributed by atoms with E-state index < -0.39 is 23.7 Å². The van der Waals surface area contributed by atoms with Crippen molar-refractivity contribution in [2.24, 2.45) is 4.99 Å². The Kier molecular flexibility index (Phi) is 13.6. The average molecular weight is 637 g/mol. The molecule has 1 aromatic heterocycles. The Balaban J connectivity index is 1.71. The zero-order valence-electron chi connectivity index (χ0n) is 25.4. The van der Waals surface area contributed by atoms with Crippen molar-refractivity contribution in [2.75, 3.05) is 25.6 Å². The highest BCUT2D eigenvalue weighted by atomic mass is 32.2. The van der Waals surface area contributed by atoms with Crippen LogP contribution in [0.5, 0.6) is 0 Å². The second-order valence-corrected chi connectivity index (χ2v) is 14.0.